The first-order chi connectivity index (χ1) is 12.5. The fourth-order valence-corrected chi connectivity index (χ4v) is 2.51. The van der Waals surface area contributed by atoms with Crippen molar-refractivity contribution in [2.24, 2.45) is 5.73 Å². The van der Waals surface area contributed by atoms with Crippen LogP contribution in [-0.2, 0) is 0 Å². The minimum absolute atomic E-state index is 0.372. The molecule has 0 radical (unpaired) electrons. The molecule has 2 aromatic carbocycles. The van der Waals surface area contributed by atoms with Crippen molar-refractivity contribution >= 4 is 0 Å². The number of alkyl halides is 6. The van der Waals surface area contributed by atoms with E-state index in [9.17, 15) is 26.3 Å². The van der Waals surface area contributed by atoms with Gasteiger partial charge in [0.15, 0.2) is 0 Å². The zero-order valence-corrected chi connectivity index (χ0v) is 13.9. The van der Waals surface area contributed by atoms with Crippen LogP contribution in [0, 0.1) is 0 Å². The lowest BCUT2D eigenvalue weighted by Crippen LogP contribution is -2.29. The third kappa shape index (κ3) is 6.33. The maximum absolute atomic E-state index is 12.2. The van der Waals surface area contributed by atoms with Crippen molar-refractivity contribution in [3.05, 3.63) is 59.7 Å². The van der Waals surface area contributed by atoms with Gasteiger partial charge in [-0.05, 0) is 42.4 Å². The third-order valence-electron chi connectivity index (χ3n) is 3.64. The quantitative estimate of drug-likeness (QED) is 0.711. The topological polar surface area (TPSA) is 56.5 Å². The molecule has 0 amide bonds. The van der Waals surface area contributed by atoms with Gasteiger partial charge >= 0.3 is 12.7 Å². The van der Waals surface area contributed by atoms with Gasteiger partial charge in [0.25, 0.3) is 0 Å². The molecule has 2 rings (SSSR count). The van der Waals surface area contributed by atoms with Crippen molar-refractivity contribution in [3.8, 4) is 11.5 Å². The summed E-state index contributed by atoms with van der Waals surface area (Å²) >= 11 is 0. The van der Waals surface area contributed by atoms with Crippen molar-refractivity contribution in [3.63, 3.8) is 0 Å². The zero-order valence-electron chi connectivity index (χ0n) is 13.9. The van der Waals surface area contributed by atoms with E-state index in [1.807, 2.05) is 0 Å². The molecule has 0 aliphatic heterocycles. The fourth-order valence-electron chi connectivity index (χ4n) is 2.51. The smallest absolute Gasteiger partial charge is 0.406 e. The third-order valence-corrected chi connectivity index (χ3v) is 3.64. The number of ether oxygens (including phenoxy) is 2. The Hall–Kier alpha value is -2.46. The molecule has 0 aliphatic carbocycles. The molecule has 3 N–H and O–H groups in total. The molecular formula is C17H16F6N2O2. The largest absolute Gasteiger partial charge is 0.573 e. The SMILES string of the molecule is CNC(c1ccc(OC(F)(F)F)cc1)C(N)c1ccc(OC(F)(F)F)cc1. The average molecular weight is 394 g/mol. The van der Waals surface area contributed by atoms with E-state index < -0.39 is 24.8 Å². The highest BCUT2D eigenvalue weighted by Gasteiger charge is 2.32. The normalized spacial score (nSPS) is 14.5. The van der Waals surface area contributed by atoms with Crippen LogP contribution in [0.25, 0.3) is 0 Å². The molecule has 2 unspecified atom stereocenters. The van der Waals surface area contributed by atoms with Crippen LogP contribution >= 0.6 is 0 Å². The molecule has 2 aromatic rings. The number of nitrogens with two attached hydrogens (primary N) is 1. The Morgan fingerprint density at radius 1 is 0.741 bits per heavy atom. The standard InChI is InChI=1S/C17H16F6N2O2/c1-25-15(11-4-8-13(9-5-11)27-17(21,22)23)14(24)10-2-6-12(7-3-10)26-16(18,19)20/h2-9,14-15,25H,24H2,1H3. The van der Waals surface area contributed by atoms with E-state index in [2.05, 4.69) is 14.8 Å². The summed E-state index contributed by atoms with van der Waals surface area (Å²) < 4.78 is 80.9. The number of hydrogen-bond donors (Lipinski definition) is 2. The number of rotatable bonds is 6. The second-order valence-electron chi connectivity index (χ2n) is 5.53. The van der Waals surface area contributed by atoms with Gasteiger partial charge < -0.3 is 20.5 Å². The first-order valence-electron chi connectivity index (χ1n) is 7.63. The molecular weight excluding hydrogens is 378 g/mol. The predicted molar refractivity (Wildman–Crippen MR) is 85.0 cm³/mol. The van der Waals surface area contributed by atoms with Gasteiger partial charge in [-0.15, -0.1) is 26.3 Å². The van der Waals surface area contributed by atoms with Crippen molar-refractivity contribution in [2.45, 2.75) is 24.8 Å². The molecule has 0 bridgehead atoms. The molecule has 0 saturated carbocycles. The average Bonchev–Trinajstić information content (AvgIpc) is 2.55. The molecule has 0 aromatic heterocycles. The molecule has 0 fully saturated rings. The Morgan fingerprint density at radius 3 is 1.44 bits per heavy atom. The number of nitrogens with one attached hydrogen (secondary N) is 1. The summed E-state index contributed by atoms with van der Waals surface area (Å²) in [5.74, 6) is -0.753. The fraction of sp³-hybridized carbons (Fsp3) is 0.294. The molecule has 0 heterocycles. The number of halogens is 6. The summed E-state index contributed by atoms with van der Waals surface area (Å²) in [4.78, 5) is 0. The molecule has 4 nitrogen and oxygen atoms in total. The second kappa shape index (κ2) is 8.05. The highest BCUT2D eigenvalue weighted by atomic mass is 19.4. The van der Waals surface area contributed by atoms with Gasteiger partial charge in [-0.3, -0.25) is 0 Å². The Balaban J connectivity index is 2.14. The van der Waals surface area contributed by atoms with Crippen LogP contribution in [0.1, 0.15) is 23.2 Å². The van der Waals surface area contributed by atoms with Crippen LogP contribution in [0.4, 0.5) is 26.3 Å². The van der Waals surface area contributed by atoms with E-state index in [0.717, 1.165) is 24.3 Å². The van der Waals surface area contributed by atoms with Crippen LogP contribution in [0.3, 0.4) is 0 Å². The predicted octanol–water partition coefficient (Wildman–Crippen LogP) is 4.44. The molecule has 0 aliphatic rings. The van der Waals surface area contributed by atoms with Crippen LogP contribution in [0.5, 0.6) is 11.5 Å². The van der Waals surface area contributed by atoms with Gasteiger partial charge in [0.1, 0.15) is 11.5 Å². The maximum atomic E-state index is 12.2. The second-order valence-corrected chi connectivity index (χ2v) is 5.53. The molecule has 2 atom stereocenters. The van der Waals surface area contributed by atoms with Crippen molar-refractivity contribution in [1.82, 2.24) is 5.32 Å². The van der Waals surface area contributed by atoms with Crippen molar-refractivity contribution in [2.75, 3.05) is 7.05 Å². The Morgan fingerprint density at radius 2 is 1.11 bits per heavy atom. The Bertz CT molecular complexity index is 729. The van der Waals surface area contributed by atoms with E-state index in [-0.39, 0.29) is 11.5 Å². The zero-order chi connectivity index (χ0) is 20.2. The summed E-state index contributed by atoms with van der Waals surface area (Å²) in [5.41, 5.74) is 7.25. The monoisotopic (exact) mass is 394 g/mol. The summed E-state index contributed by atoms with van der Waals surface area (Å²) in [6, 6.07) is 9.01. The number of likely N-dealkylation sites (N-methyl/N-ethyl adjacent to an activating group) is 1. The highest BCUT2D eigenvalue weighted by molar-refractivity contribution is 5.34. The minimum Gasteiger partial charge on any atom is -0.406 e. The number of benzene rings is 2. The Kier molecular flexibility index (Phi) is 6.22. The van der Waals surface area contributed by atoms with E-state index in [0.29, 0.717) is 11.1 Å². The Labute approximate surface area is 150 Å². The van der Waals surface area contributed by atoms with Crippen molar-refractivity contribution < 1.29 is 35.8 Å². The van der Waals surface area contributed by atoms with Gasteiger partial charge in [-0.1, -0.05) is 24.3 Å². The van der Waals surface area contributed by atoms with Gasteiger partial charge in [-0.2, -0.15) is 0 Å². The van der Waals surface area contributed by atoms with Gasteiger partial charge in [0.2, 0.25) is 0 Å². The first kappa shape index (κ1) is 20.8. The molecule has 148 valence electrons. The molecule has 10 heteroatoms. The number of hydrogen-bond acceptors (Lipinski definition) is 4. The minimum atomic E-state index is -4.79. The van der Waals surface area contributed by atoms with E-state index >= 15 is 0 Å². The lowest BCUT2D eigenvalue weighted by atomic mass is 9.94. The molecule has 0 spiro atoms. The summed E-state index contributed by atoms with van der Waals surface area (Å²) in [6.45, 7) is 0. The van der Waals surface area contributed by atoms with Gasteiger partial charge in [-0.25, -0.2) is 0 Å². The lowest BCUT2D eigenvalue weighted by Gasteiger charge is -2.25. The summed E-state index contributed by atoms with van der Waals surface area (Å²) in [6.07, 6.45) is -9.59. The van der Waals surface area contributed by atoms with Crippen molar-refractivity contribution in [1.29, 1.82) is 0 Å². The lowest BCUT2D eigenvalue weighted by molar-refractivity contribution is -0.275. The summed E-state index contributed by atoms with van der Waals surface area (Å²) in [5, 5.41) is 2.94. The van der Waals surface area contributed by atoms with Gasteiger partial charge in [0.05, 0.1) is 6.04 Å². The van der Waals surface area contributed by atoms with Crippen LogP contribution < -0.4 is 20.5 Å². The van der Waals surface area contributed by atoms with E-state index in [4.69, 9.17) is 5.73 Å². The summed E-state index contributed by atoms with van der Waals surface area (Å²) in [7, 11) is 1.60. The first-order valence-corrected chi connectivity index (χ1v) is 7.63. The van der Waals surface area contributed by atoms with Crippen LogP contribution in [0.15, 0.2) is 48.5 Å². The van der Waals surface area contributed by atoms with Crippen LogP contribution in [0.2, 0.25) is 0 Å². The van der Waals surface area contributed by atoms with E-state index in [1.54, 1.807) is 7.05 Å². The molecule has 0 saturated heterocycles. The van der Waals surface area contributed by atoms with Gasteiger partial charge in [0, 0.05) is 6.04 Å². The highest BCUT2D eigenvalue weighted by Crippen LogP contribution is 2.31. The van der Waals surface area contributed by atoms with Crippen LogP contribution in [-0.4, -0.2) is 19.8 Å². The molecule has 27 heavy (non-hydrogen) atoms. The maximum Gasteiger partial charge on any atom is 0.573 e. The van der Waals surface area contributed by atoms with E-state index in [1.165, 1.54) is 24.3 Å².